The third kappa shape index (κ3) is 2.62. The largest absolute Gasteiger partial charge is 0.455 e. The van der Waals surface area contributed by atoms with Gasteiger partial charge in [-0.2, -0.15) is 0 Å². The molecule has 37 heavy (non-hydrogen) atoms. The Kier molecular flexibility index (Phi) is 5.07. The van der Waals surface area contributed by atoms with E-state index < -0.39 is 57.3 Å². The average molecular weight is 519 g/mol. The molecule has 1 spiro atoms. The first-order chi connectivity index (χ1) is 17.2. The number of cyclic esters (lactones) is 1. The van der Waals surface area contributed by atoms with Crippen LogP contribution in [0.15, 0.2) is 23.3 Å². The van der Waals surface area contributed by atoms with Gasteiger partial charge in [0.2, 0.25) is 0 Å². The Morgan fingerprint density at radius 2 is 1.84 bits per heavy atom. The van der Waals surface area contributed by atoms with E-state index in [-0.39, 0.29) is 43.7 Å². The van der Waals surface area contributed by atoms with Gasteiger partial charge in [-0.25, -0.2) is 4.79 Å². The molecule has 3 saturated carbocycles. The van der Waals surface area contributed by atoms with Crippen molar-refractivity contribution >= 4 is 11.8 Å². The highest BCUT2D eigenvalue weighted by molar-refractivity contribution is 5.98. The number of carbonyl (C=O) groups excluding carboxylic acids is 2. The summed E-state index contributed by atoms with van der Waals surface area (Å²) in [5.41, 5.74) is -7.57. The third-order valence-corrected chi connectivity index (χ3v) is 12.1. The molecular formula is C28H38O9. The summed E-state index contributed by atoms with van der Waals surface area (Å²) in [6.45, 7) is 6.29. The van der Waals surface area contributed by atoms with Gasteiger partial charge in [-0.15, -0.1) is 0 Å². The molecule has 4 aliphatic carbocycles. The molecule has 9 heteroatoms. The molecule has 0 amide bonds. The van der Waals surface area contributed by atoms with Crippen molar-refractivity contribution in [2.75, 3.05) is 6.61 Å². The number of fused-ring (bicyclic) bond motifs is 4. The summed E-state index contributed by atoms with van der Waals surface area (Å²) >= 11 is 0. The predicted molar refractivity (Wildman–Crippen MR) is 129 cm³/mol. The fourth-order valence-electron chi connectivity index (χ4n) is 9.52. The molecule has 2 heterocycles. The van der Waals surface area contributed by atoms with Crippen molar-refractivity contribution in [1.82, 2.24) is 0 Å². The lowest BCUT2D eigenvalue weighted by atomic mass is 9.42. The minimum atomic E-state index is -1.92. The van der Waals surface area contributed by atoms with Crippen molar-refractivity contribution < 1.29 is 44.6 Å². The van der Waals surface area contributed by atoms with E-state index in [9.17, 15) is 35.1 Å². The zero-order chi connectivity index (χ0) is 27.0. The molecule has 5 N–H and O–H groups in total. The normalized spacial score (nSPS) is 54.0. The predicted octanol–water partition coefficient (Wildman–Crippen LogP) is 0.698. The molecule has 0 aromatic heterocycles. The molecule has 0 unspecified atom stereocenters. The van der Waals surface area contributed by atoms with E-state index in [4.69, 9.17) is 9.47 Å². The third-order valence-electron chi connectivity index (χ3n) is 12.1. The van der Waals surface area contributed by atoms with E-state index in [2.05, 4.69) is 0 Å². The number of aliphatic hydroxyl groups is 5. The number of ketones is 1. The summed E-state index contributed by atoms with van der Waals surface area (Å²) in [6.07, 6.45) is 2.15. The molecule has 204 valence electrons. The van der Waals surface area contributed by atoms with Crippen molar-refractivity contribution in [3.8, 4) is 0 Å². The van der Waals surface area contributed by atoms with E-state index in [1.54, 1.807) is 13.8 Å². The van der Waals surface area contributed by atoms with Crippen LogP contribution in [0, 0.1) is 22.7 Å². The summed E-state index contributed by atoms with van der Waals surface area (Å²) in [4.78, 5) is 25.9. The number of hydrogen-bond acceptors (Lipinski definition) is 9. The van der Waals surface area contributed by atoms with Crippen LogP contribution in [0.5, 0.6) is 0 Å². The maximum Gasteiger partial charge on any atom is 0.334 e. The lowest BCUT2D eigenvalue weighted by molar-refractivity contribution is -0.283. The lowest BCUT2D eigenvalue weighted by Crippen LogP contribution is -2.73. The molecule has 6 aliphatic rings. The number of esters is 1. The average Bonchev–Trinajstić information content (AvgIpc) is 3.55. The Morgan fingerprint density at radius 1 is 1.14 bits per heavy atom. The van der Waals surface area contributed by atoms with Crippen molar-refractivity contribution in [3.05, 3.63) is 23.3 Å². The van der Waals surface area contributed by atoms with Gasteiger partial charge in [0.05, 0.1) is 23.7 Å². The molecule has 0 bridgehead atoms. The Hall–Kier alpha value is -1.62. The van der Waals surface area contributed by atoms with Crippen LogP contribution in [0.25, 0.3) is 0 Å². The van der Waals surface area contributed by atoms with Crippen LogP contribution in [0.2, 0.25) is 0 Å². The minimum absolute atomic E-state index is 0.0747. The van der Waals surface area contributed by atoms with Crippen LogP contribution >= 0.6 is 0 Å². The second-order valence-corrected chi connectivity index (χ2v) is 13.0. The van der Waals surface area contributed by atoms with Crippen LogP contribution in [0.1, 0.15) is 66.2 Å². The molecule has 0 aromatic rings. The Labute approximate surface area is 216 Å². The van der Waals surface area contributed by atoms with Gasteiger partial charge in [-0.1, -0.05) is 6.92 Å². The summed E-state index contributed by atoms with van der Waals surface area (Å²) in [5.74, 6) is -1.43. The highest BCUT2D eigenvalue weighted by atomic mass is 16.6. The first-order valence-electron chi connectivity index (χ1n) is 13.4. The number of rotatable bonds is 3. The first-order valence-corrected chi connectivity index (χ1v) is 13.4. The SMILES string of the molecule is CC1=C(CO)C[C@H]([C@](C)(O)[C@]2(O)CC[C@@]3(O)[C@@H]4C[C@H]5O[C@]56[C@@H](O)C=CC(=O)[C@]6(C)[C@H]4CC[C@]23C)OC1=O. The maximum atomic E-state index is 13.3. The van der Waals surface area contributed by atoms with Crippen LogP contribution < -0.4 is 0 Å². The Bertz CT molecular complexity index is 1140. The zero-order valence-electron chi connectivity index (χ0n) is 21.9. The number of epoxide rings is 1. The highest BCUT2D eigenvalue weighted by Gasteiger charge is 2.84. The molecule has 1 saturated heterocycles. The fraction of sp³-hybridized carbons (Fsp3) is 0.786. The monoisotopic (exact) mass is 518 g/mol. The molecular weight excluding hydrogens is 480 g/mol. The quantitative estimate of drug-likeness (QED) is 0.268. The second-order valence-electron chi connectivity index (χ2n) is 13.0. The van der Waals surface area contributed by atoms with Gasteiger partial charge in [-0.05, 0) is 82.4 Å². The summed E-state index contributed by atoms with van der Waals surface area (Å²) < 4.78 is 11.7. The van der Waals surface area contributed by atoms with Crippen molar-refractivity contribution in [2.24, 2.45) is 22.7 Å². The minimum Gasteiger partial charge on any atom is -0.455 e. The van der Waals surface area contributed by atoms with Crippen LogP contribution in [-0.2, 0) is 19.1 Å². The highest BCUT2D eigenvalue weighted by Crippen LogP contribution is 2.75. The van der Waals surface area contributed by atoms with Crippen LogP contribution in [0.4, 0.5) is 0 Å². The number of aliphatic hydroxyl groups excluding tert-OH is 2. The van der Waals surface area contributed by atoms with E-state index in [1.165, 1.54) is 19.1 Å². The molecule has 6 rings (SSSR count). The summed E-state index contributed by atoms with van der Waals surface area (Å²) in [6, 6.07) is 0. The van der Waals surface area contributed by atoms with Gasteiger partial charge in [0.15, 0.2) is 5.78 Å². The van der Waals surface area contributed by atoms with Crippen LogP contribution in [0.3, 0.4) is 0 Å². The molecule has 9 nitrogen and oxygen atoms in total. The molecule has 0 aromatic carbocycles. The molecule has 11 atom stereocenters. The number of allylic oxidation sites excluding steroid dienone is 1. The van der Waals surface area contributed by atoms with Gasteiger partial charge in [0.1, 0.15) is 29.0 Å². The number of hydrogen-bond donors (Lipinski definition) is 5. The van der Waals surface area contributed by atoms with Gasteiger partial charge in [0.25, 0.3) is 0 Å². The van der Waals surface area contributed by atoms with Crippen molar-refractivity contribution in [3.63, 3.8) is 0 Å². The zero-order valence-corrected chi connectivity index (χ0v) is 21.9. The van der Waals surface area contributed by atoms with Crippen LogP contribution in [-0.4, -0.2) is 84.6 Å². The standard InChI is InChI=1S/C28H38O9/c1-14-15(13-29)11-20(36-22(14)32)25(4,33)27(35)10-9-26(34)17-12-21-28(37-21)19(31)6-5-18(30)24(28,3)16(17)7-8-23(26,27)2/h5-6,16-17,19-21,29,31,33-35H,7-13H2,1-4H3/t16-,17+,19-,20+,21+,23-,24-,25-,26+,27-,28+/m0/s1. The number of carbonyl (C=O) groups is 2. The van der Waals surface area contributed by atoms with Gasteiger partial charge >= 0.3 is 5.97 Å². The smallest absolute Gasteiger partial charge is 0.334 e. The first kappa shape index (κ1) is 25.6. The van der Waals surface area contributed by atoms with E-state index in [0.717, 1.165) is 0 Å². The van der Waals surface area contributed by atoms with Gasteiger partial charge in [-0.3, -0.25) is 4.79 Å². The van der Waals surface area contributed by atoms with Gasteiger partial charge in [0, 0.05) is 17.4 Å². The summed E-state index contributed by atoms with van der Waals surface area (Å²) in [7, 11) is 0. The van der Waals surface area contributed by atoms with Crippen molar-refractivity contribution in [2.45, 2.75) is 107 Å². The Morgan fingerprint density at radius 3 is 2.51 bits per heavy atom. The topological polar surface area (TPSA) is 157 Å². The maximum absolute atomic E-state index is 13.3. The Balaban J connectivity index is 1.38. The van der Waals surface area contributed by atoms with E-state index in [0.29, 0.717) is 30.4 Å². The fourth-order valence-corrected chi connectivity index (χ4v) is 9.52. The van der Waals surface area contributed by atoms with E-state index >= 15 is 0 Å². The van der Waals surface area contributed by atoms with Gasteiger partial charge < -0.3 is 35.0 Å². The van der Waals surface area contributed by atoms with Crippen molar-refractivity contribution in [1.29, 1.82) is 0 Å². The molecule has 0 radical (unpaired) electrons. The lowest BCUT2D eigenvalue weighted by Gasteiger charge is -2.63. The number of ether oxygens (including phenoxy) is 2. The van der Waals surface area contributed by atoms with E-state index in [1.807, 2.05) is 6.92 Å². The summed E-state index contributed by atoms with van der Waals surface area (Å²) in [5, 5.41) is 57.4. The molecule has 2 aliphatic heterocycles. The second kappa shape index (κ2) is 7.31. The molecule has 4 fully saturated rings.